The van der Waals surface area contributed by atoms with E-state index in [9.17, 15) is 0 Å². The predicted octanol–water partition coefficient (Wildman–Crippen LogP) is 2.60. The molecule has 80 valence electrons. The molecule has 1 aromatic carbocycles. The van der Waals surface area contributed by atoms with Crippen LogP contribution in [0.2, 0.25) is 0 Å². The number of azide groups is 1. The molecule has 1 rings (SSSR count). The Morgan fingerprint density at radius 2 is 2.07 bits per heavy atom. The summed E-state index contributed by atoms with van der Waals surface area (Å²) in [5.41, 5.74) is 10.7. The number of hydrogen-bond donors (Lipinski definition) is 0. The van der Waals surface area contributed by atoms with Crippen molar-refractivity contribution in [2.75, 3.05) is 20.6 Å². The average molecular weight is 204 g/mol. The van der Waals surface area contributed by atoms with E-state index in [0.717, 1.165) is 13.0 Å². The summed E-state index contributed by atoms with van der Waals surface area (Å²) in [5.74, 6) is 0. The van der Waals surface area contributed by atoms with E-state index < -0.39 is 0 Å². The van der Waals surface area contributed by atoms with Gasteiger partial charge in [0.05, 0.1) is 0 Å². The minimum atomic E-state index is 0.530. The van der Waals surface area contributed by atoms with Crippen LogP contribution in [-0.4, -0.2) is 25.5 Å². The monoisotopic (exact) mass is 204 g/mol. The third kappa shape index (κ3) is 4.49. The Morgan fingerprint density at radius 3 is 2.73 bits per heavy atom. The van der Waals surface area contributed by atoms with Gasteiger partial charge in [0, 0.05) is 18.0 Å². The van der Waals surface area contributed by atoms with Gasteiger partial charge in [0.25, 0.3) is 0 Å². The van der Waals surface area contributed by atoms with E-state index in [0.29, 0.717) is 6.54 Å². The second kappa shape index (κ2) is 6.06. The molecule has 0 atom stereocenters. The lowest BCUT2D eigenvalue weighted by Gasteiger charge is -2.10. The van der Waals surface area contributed by atoms with Crippen LogP contribution in [-0.2, 0) is 13.0 Å². The zero-order valence-corrected chi connectivity index (χ0v) is 9.22. The van der Waals surface area contributed by atoms with Crippen molar-refractivity contribution in [3.05, 3.63) is 45.8 Å². The van der Waals surface area contributed by atoms with Gasteiger partial charge in [-0.3, -0.25) is 0 Å². The molecule has 0 N–H and O–H groups in total. The molecule has 0 aliphatic rings. The summed E-state index contributed by atoms with van der Waals surface area (Å²) in [6.07, 6.45) is 0.811. The molecule has 0 saturated heterocycles. The minimum Gasteiger partial charge on any atom is -0.305 e. The highest BCUT2D eigenvalue weighted by Gasteiger charge is 1.97. The molecule has 1 aromatic rings. The van der Waals surface area contributed by atoms with Gasteiger partial charge in [-0.05, 0) is 37.2 Å². The third-order valence-electron chi connectivity index (χ3n) is 2.05. The van der Waals surface area contributed by atoms with Gasteiger partial charge in [-0.1, -0.05) is 29.4 Å². The van der Waals surface area contributed by atoms with E-state index >= 15 is 0 Å². The second-order valence-electron chi connectivity index (χ2n) is 3.76. The van der Waals surface area contributed by atoms with Gasteiger partial charge in [-0.25, -0.2) is 0 Å². The van der Waals surface area contributed by atoms with E-state index in [1.807, 2.05) is 20.2 Å². The van der Waals surface area contributed by atoms with Crippen molar-refractivity contribution in [1.29, 1.82) is 0 Å². The van der Waals surface area contributed by atoms with Crippen molar-refractivity contribution < 1.29 is 0 Å². The molecule has 0 unspecified atom stereocenters. The van der Waals surface area contributed by atoms with Gasteiger partial charge < -0.3 is 4.90 Å². The molecule has 0 aromatic heterocycles. The summed E-state index contributed by atoms with van der Waals surface area (Å²) >= 11 is 0. The molecular weight excluding hydrogens is 188 g/mol. The topological polar surface area (TPSA) is 52.0 Å². The van der Waals surface area contributed by atoms with Crippen LogP contribution in [0.5, 0.6) is 0 Å². The molecule has 0 fully saturated rings. The normalized spacial score (nSPS) is 10.1. The molecule has 0 spiro atoms. The van der Waals surface area contributed by atoms with E-state index in [1.165, 1.54) is 11.1 Å². The SMILES string of the molecule is CN(C)Cc1cccc(CCN=[N+]=[N-])c1. The Hall–Kier alpha value is -1.51. The first-order valence-corrected chi connectivity index (χ1v) is 4.96. The molecule has 15 heavy (non-hydrogen) atoms. The Balaban J connectivity index is 2.61. The quantitative estimate of drug-likeness (QED) is 0.413. The van der Waals surface area contributed by atoms with Gasteiger partial charge in [0.15, 0.2) is 0 Å². The molecule has 0 radical (unpaired) electrons. The van der Waals surface area contributed by atoms with Gasteiger partial charge in [-0.2, -0.15) is 0 Å². The number of benzene rings is 1. The minimum absolute atomic E-state index is 0.530. The Kier molecular flexibility index (Phi) is 4.68. The summed E-state index contributed by atoms with van der Waals surface area (Å²) in [6.45, 7) is 1.47. The highest BCUT2D eigenvalue weighted by atomic mass is 15.1. The lowest BCUT2D eigenvalue weighted by molar-refractivity contribution is 0.402. The first-order chi connectivity index (χ1) is 7.22. The summed E-state index contributed by atoms with van der Waals surface area (Å²) in [5, 5.41) is 3.53. The van der Waals surface area contributed by atoms with Crippen LogP contribution >= 0.6 is 0 Å². The van der Waals surface area contributed by atoms with Crippen LogP contribution in [0.1, 0.15) is 11.1 Å². The molecular formula is C11H16N4. The lowest BCUT2D eigenvalue weighted by atomic mass is 10.1. The van der Waals surface area contributed by atoms with Crippen molar-refractivity contribution in [3.63, 3.8) is 0 Å². The fraction of sp³-hybridized carbons (Fsp3) is 0.455. The molecule has 0 saturated carbocycles. The molecule has 0 bridgehead atoms. The number of rotatable bonds is 5. The first-order valence-electron chi connectivity index (χ1n) is 4.96. The molecule has 0 amide bonds. The fourth-order valence-electron chi connectivity index (χ4n) is 1.47. The van der Waals surface area contributed by atoms with Crippen LogP contribution in [0.15, 0.2) is 29.4 Å². The standard InChI is InChI=1S/C11H16N4/c1-15(2)9-11-5-3-4-10(8-11)6-7-13-14-12/h3-5,8H,6-7,9H2,1-2H3. The molecule has 0 aliphatic heterocycles. The molecule has 0 heterocycles. The zero-order chi connectivity index (χ0) is 11.1. The van der Waals surface area contributed by atoms with Gasteiger partial charge in [0.2, 0.25) is 0 Å². The van der Waals surface area contributed by atoms with Gasteiger partial charge in [0.1, 0.15) is 0 Å². The average Bonchev–Trinajstić information content (AvgIpc) is 2.18. The zero-order valence-electron chi connectivity index (χ0n) is 9.22. The summed E-state index contributed by atoms with van der Waals surface area (Å²) in [4.78, 5) is 4.87. The molecule has 0 aliphatic carbocycles. The summed E-state index contributed by atoms with van der Waals surface area (Å²) < 4.78 is 0. The van der Waals surface area contributed by atoms with Crippen LogP contribution in [0, 0.1) is 0 Å². The van der Waals surface area contributed by atoms with E-state index in [-0.39, 0.29) is 0 Å². The lowest BCUT2D eigenvalue weighted by Crippen LogP contribution is -2.10. The Labute approximate surface area is 90.1 Å². The smallest absolute Gasteiger partial charge is 0.0298 e. The first kappa shape index (κ1) is 11.6. The van der Waals surface area contributed by atoms with Gasteiger partial charge in [-0.15, -0.1) is 0 Å². The third-order valence-corrected chi connectivity index (χ3v) is 2.05. The van der Waals surface area contributed by atoms with Crippen LogP contribution in [0.3, 0.4) is 0 Å². The van der Waals surface area contributed by atoms with Crippen LogP contribution < -0.4 is 0 Å². The van der Waals surface area contributed by atoms with Crippen LogP contribution in [0.25, 0.3) is 10.4 Å². The van der Waals surface area contributed by atoms with Crippen molar-refractivity contribution in [2.45, 2.75) is 13.0 Å². The maximum atomic E-state index is 8.17. The Morgan fingerprint density at radius 1 is 1.33 bits per heavy atom. The summed E-state index contributed by atoms with van der Waals surface area (Å²) in [7, 11) is 4.10. The van der Waals surface area contributed by atoms with Gasteiger partial charge >= 0.3 is 0 Å². The maximum absolute atomic E-state index is 8.17. The predicted molar refractivity (Wildman–Crippen MR) is 61.6 cm³/mol. The largest absolute Gasteiger partial charge is 0.305 e. The fourth-order valence-corrected chi connectivity index (χ4v) is 1.47. The maximum Gasteiger partial charge on any atom is 0.0298 e. The van der Waals surface area contributed by atoms with E-state index in [4.69, 9.17) is 5.53 Å². The van der Waals surface area contributed by atoms with E-state index in [1.54, 1.807) is 0 Å². The highest BCUT2D eigenvalue weighted by Crippen LogP contribution is 2.07. The van der Waals surface area contributed by atoms with Crippen molar-refractivity contribution >= 4 is 0 Å². The molecule has 4 heteroatoms. The van der Waals surface area contributed by atoms with Crippen molar-refractivity contribution in [3.8, 4) is 0 Å². The number of nitrogens with zero attached hydrogens (tertiary/aromatic N) is 4. The Bertz CT molecular complexity index is 353. The second-order valence-corrected chi connectivity index (χ2v) is 3.76. The summed E-state index contributed by atoms with van der Waals surface area (Å²) in [6, 6.07) is 8.38. The van der Waals surface area contributed by atoms with Crippen LogP contribution in [0.4, 0.5) is 0 Å². The number of hydrogen-bond acceptors (Lipinski definition) is 2. The van der Waals surface area contributed by atoms with Crippen molar-refractivity contribution in [2.24, 2.45) is 5.11 Å². The highest BCUT2D eigenvalue weighted by molar-refractivity contribution is 5.23. The van der Waals surface area contributed by atoms with E-state index in [2.05, 4.69) is 33.1 Å². The van der Waals surface area contributed by atoms with Crippen molar-refractivity contribution in [1.82, 2.24) is 4.90 Å². The molecule has 4 nitrogen and oxygen atoms in total.